The zero-order chi connectivity index (χ0) is 17.1. The van der Waals surface area contributed by atoms with Crippen LogP contribution in [0.25, 0.3) is 0 Å². The van der Waals surface area contributed by atoms with Crippen LogP contribution in [-0.2, 0) is 6.61 Å². The Balaban J connectivity index is 1.42. The molecule has 4 heteroatoms. The zero-order valence-electron chi connectivity index (χ0n) is 14.4. The van der Waals surface area contributed by atoms with Crippen LogP contribution in [0.1, 0.15) is 35.2 Å². The zero-order valence-corrected chi connectivity index (χ0v) is 14.4. The number of hydrogen-bond acceptors (Lipinski definition) is 3. The highest BCUT2D eigenvalue weighted by molar-refractivity contribution is 5.95. The van der Waals surface area contributed by atoms with Crippen LogP contribution in [0, 0.1) is 0 Å². The second kappa shape index (κ2) is 7.28. The molecular formula is C21H24N2O2. The summed E-state index contributed by atoms with van der Waals surface area (Å²) < 4.78 is 5.77. The van der Waals surface area contributed by atoms with Crippen LogP contribution in [0.15, 0.2) is 54.6 Å². The summed E-state index contributed by atoms with van der Waals surface area (Å²) in [5, 5.41) is 3.45. The van der Waals surface area contributed by atoms with Crippen LogP contribution < -0.4 is 10.1 Å². The summed E-state index contributed by atoms with van der Waals surface area (Å²) in [4.78, 5) is 15.1. The monoisotopic (exact) mass is 336 g/mol. The van der Waals surface area contributed by atoms with E-state index in [4.69, 9.17) is 4.74 Å². The molecule has 2 aliphatic rings. The lowest BCUT2D eigenvalue weighted by molar-refractivity contribution is 0.0680. The molecule has 0 aromatic heterocycles. The average molecular weight is 336 g/mol. The van der Waals surface area contributed by atoms with Crippen LogP contribution in [0.4, 0.5) is 0 Å². The quantitative estimate of drug-likeness (QED) is 0.932. The summed E-state index contributed by atoms with van der Waals surface area (Å²) in [7, 11) is 0. The average Bonchev–Trinajstić information content (AvgIpc) is 2.93. The molecule has 2 bridgehead atoms. The van der Waals surface area contributed by atoms with Crippen LogP contribution >= 0.6 is 0 Å². The van der Waals surface area contributed by atoms with Gasteiger partial charge in [-0.05, 0) is 55.6 Å². The Morgan fingerprint density at radius 1 is 1.00 bits per heavy atom. The molecule has 1 amide bonds. The molecule has 2 aromatic carbocycles. The largest absolute Gasteiger partial charge is 0.489 e. The van der Waals surface area contributed by atoms with Crippen molar-refractivity contribution in [1.82, 2.24) is 10.2 Å². The van der Waals surface area contributed by atoms with Gasteiger partial charge in [-0.2, -0.15) is 0 Å². The van der Waals surface area contributed by atoms with Gasteiger partial charge in [0.25, 0.3) is 5.91 Å². The maximum absolute atomic E-state index is 13.0. The van der Waals surface area contributed by atoms with Gasteiger partial charge in [0.2, 0.25) is 0 Å². The van der Waals surface area contributed by atoms with Gasteiger partial charge in [-0.15, -0.1) is 0 Å². The molecule has 0 aliphatic carbocycles. The molecule has 0 spiro atoms. The fourth-order valence-corrected chi connectivity index (χ4v) is 3.89. The van der Waals surface area contributed by atoms with Crippen molar-refractivity contribution in [2.75, 3.05) is 13.1 Å². The minimum Gasteiger partial charge on any atom is -0.489 e. The van der Waals surface area contributed by atoms with Crippen LogP contribution in [-0.4, -0.2) is 36.0 Å². The molecule has 130 valence electrons. The summed E-state index contributed by atoms with van der Waals surface area (Å²) in [6.07, 6.45) is 3.32. The van der Waals surface area contributed by atoms with Crippen molar-refractivity contribution in [1.29, 1.82) is 0 Å². The maximum atomic E-state index is 13.0. The van der Waals surface area contributed by atoms with Crippen molar-refractivity contribution in [3.8, 4) is 5.75 Å². The van der Waals surface area contributed by atoms with Gasteiger partial charge in [0, 0.05) is 24.2 Å². The third-order valence-electron chi connectivity index (χ3n) is 5.24. The van der Waals surface area contributed by atoms with Crippen molar-refractivity contribution >= 4 is 5.91 Å². The van der Waals surface area contributed by atoms with Gasteiger partial charge in [-0.1, -0.05) is 30.3 Å². The number of nitrogens with zero attached hydrogens (tertiary/aromatic N) is 1. The minimum atomic E-state index is 0.173. The Kier molecular flexibility index (Phi) is 4.70. The Bertz CT molecular complexity index is 700. The molecule has 2 unspecified atom stereocenters. The molecule has 4 nitrogen and oxygen atoms in total. The maximum Gasteiger partial charge on any atom is 0.254 e. The Labute approximate surface area is 148 Å². The van der Waals surface area contributed by atoms with Crippen molar-refractivity contribution in [2.24, 2.45) is 0 Å². The van der Waals surface area contributed by atoms with Gasteiger partial charge in [-0.3, -0.25) is 4.79 Å². The van der Waals surface area contributed by atoms with E-state index >= 15 is 0 Å². The number of benzene rings is 2. The fraction of sp³-hybridized carbons (Fsp3) is 0.381. The first-order valence-electron chi connectivity index (χ1n) is 9.11. The van der Waals surface area contributed by atoms with E-state index in [1.165, 1.54) is 0 Å². The lowest BCUT2D eigenvalue weighted by Gasteiger charge is -2.28. The van der Waals surface area contributed by atoms with Crippen molar-refractivity contribution < 1.29 is 9.53 Å². The first-order chi connectivity index (χ1) is 12.3. The van der Waals surface area contributed by atoms with Gasteiger partial charge in [0.15, 0.2) is 0 Å². The number of nitrogens with one attached hydrogen (secondary N) is 1. The van der Waals surface area contributed by atoms with E-state index in [-0.39, 0.29) is 5.91 Å². The van der Waals surface area contributed by atoms with Crippen LogP contribution in [0.5, 0.6) is 5.75 Å². The smallest absolute Gasteiger partial charge is 0.254 e. The second-order valence-corrected chi connectivity index (χ2v) is 6.89. The van der Waals surface area contributed by atoms with E-state index in [0.29, 0.717) is 18.7 Å². The molecule has 0 saturated carbocycles. The SMILES string of the molecule is O=C(c1ccc(COc2ccccc2)cc1)N1C2CCNCC1CC2. The molecule has 1 N–H and O–H groups in total. The number of amides is 1. The van der Waals surface area contributed by atoms with Gasteiger partial charge in [-0.25, -0.2) is 0 Å². The number of ether oxygens (including phenoxy) is 1. The van der Waals surface area contributed by atoms with Gasteiger partial charge in [0.1, 0.15) is 12.4 Å². The first-order valence-corrected chi connectivity index (χ1v) is 9.11. The number of rotatable bonds is 4. The number of carbonyl (C=O) groups excluding carboxylic acids is 1. The van der Waals surface area contributed by atoms with Gasteiger partial charge in [0.05, 0.1) is 0 Å². The summed E-state index contributed by atoms with van der Waals surface area (Å²) in [5.41, 5.74) is 1.85. The highest BCUT2D eigenvalue weighted by Gasteiger charge is 2.38. The highest BCUT2D eigenvalue weighted by atomic mass is 16.5. The molecule has 4 rings (SSSR count). The Hall–Kier alpha value is -2.33. The van der Waals surface area contributed by atoms with E-state index in [0.717, 1.165) is 49.2 Å². The van der Waals surface area contributed by atoms with E-state index in [9.17, 15) is 4.79 Å². The molecule has 2 saturated heterocycles. The molecule has 2 heterocycles. The number of hydrogen-bond donors (Lipinski definition) is 1. The number of fused-ring (bicyclic) bond motifs is 2. The molecule has 2 aliphatic heterocycles. The Morgan fingerprint density at radius 3 is 2.56 bits per heavy atom. The molecule has 2 aromatic rings. The number of para-hydroxylation sites is 1. The van der Waals surface area contributed by atoms with Gasteiger partial charge < -0.3 is 15.0 Å². The third-order valence-corrected chi connectivity index (χ3v) is 5.24. The Morgan fingerprint density at radius 2 is 1.76 bits per heavy atom. The van der Waals surface area contributed by atoms with E-state index in [1.807, 2.05) is 54.6 Å². The normalized spacial score (nSPS) is 22.5. The van der Waals surface area contributed by atoms with E-state index in [1.54, 1.807) is 0 Å². The third kappa shape index (κ3) is 3.54. The van der Waals surface area contributed by atoms with E-state index in [2.05, 4.69) is 10.2 Å². The van der Waals surface area contributed by atoms with Crippen LogP contribution in [0.2, 0.25) is 0 Å². The standard InChI is InChI=1S/C21H24N2O2/c24-21(23-18-10-11-19(23)14-22-13-12-18)17-8-6-16(7-9-17)15-25-20-4-2-1-3-5-20/h1-9,18-19,22H,10-15H2. The second-order valence-electron chi connectivity index (χ2n) is 6.89. The molecule has 2 fully saturated rings. The summed E-state index contributed by atoms with van der Waals surface area (Å²) in [6.45, 7) is 2.45. The summed E-state index contributed by atoms with van der Waals surface area (Å²) >= 11 is 0. The molecule has 25 heavy (non-hydrogen) atoms. The molecule has 2 atom stereocenters. The van der Waals surface area contributed by atoms with Gasteiger partial charge >= 0.3 is 0 Å². The van der Waals surface area contributed by atoms with Crippen LogP contribution in [0.3, 0.4) is 0 Å². The van der Waals surface area contributed by atoms with Crippen molar-refractivity contribution in [3.63, 3.8) is 0 Å². The predicted molar refractivity (Wildman–Crippen MR) is 97.7 cm³/mol. The number of carbonyl (C=O) groups is 1. The topological polar surface area (TPSA) is 41.6 Å². The summed E-state index contributed by atoms with van der Waals surface area (Å²) in [6, 6.07) is 18.4. The molecule has 0 radical (unpaired) electrons. The first kappa shape index (κ1) is 16.2. The van der Waals surface area contributed by atoms with Crippen molar-refractivity contribution in [3.05, 3.63) is 65.7 Å². The summed E-state index contributed by atoms with van der Waals surface area (Å²) in [5.74, 6) is 1.03. The predicted octanol–water partition coefficient (Wildman–Crippen LogP) is 3.23. The lowest BCUT2D eigenvalue weighted by Crippen LogP contribution is -2.42. The minimum absolute atomic E-state index is 0.173. The van der Waals surface area contributed by atoms with E-state index < -0.39 is 0 Å². The van der Waals surface area contributed by atoms with Crippen molar-refractivity contribution in [2.45, 2.75) is 38.0 Å². The fourth-order valence-electron chi connectivity index (χ4n) is 3.89. The lowest BCUT2D eigenvalue weighted by atomic mass is 10.1. The highest BCUT2D eigenvalue weighted by Crippen LogP contribution is 2.29. The molecular weight excluding hydrogens is 312 g/mol.